The molecule has 0 saturated carbocycles. The van der Waals surface area contributed by atoms with Gasteiger partial charge in [-0.2, -0.15) is 0 Å². The summed E-state index contributed by atoms with van der Waals surface area (Å²) in [6.45, 7) is 0. The fourth-order valence-corrected chi connectivity index (χ4v) is 2.38. The quantitative estimate of drug-likeness (QED) is 0.679. The van der Waals surface area contributed by atoms with Crippen LogP contribution in [-0.2, 0) is 0 Å². The first kappa shape index (κ1) is 12.5. The smallest absolute Gasteiger partial charge is 0.130 e. The van der Waals surface area contributed by atoms with E-state index in [1.165, 1.54) is 10.8 Å². The summed E-state index contributed by atoms with van der Waals surface area (Å²) in [7, 11) is 0. The molecule has 19 heavy (non-hydrogen) atoms. The normalized spacial score (nSPS) is 10.6. The van der Waals surface area contributed by atoms with Crippen molar-refractivity contribution in [3.63, 3.8) is 0 Å². The van der Waals surface area contributed by atoms with Gasteiger partial charge >= 0.3 is 0 Å². The summed E-state index contributed by atoms with van der Waals surface area (Å²) in [6.07, 6.45) is 1.63. The third-order valence-electron chi connectivity index (χ3n) is 2.80. The van der Waals surface area contributed by atoms with E-state index < -0.39 is 0 Å². The molecule has 0 aliphatic carbocycles. The summed E-state index contributed by atoms with van der Waals surface area (Å²) in [5, 5.41) is 6.27. The summed E-state index contributed by atoms with van der Waals surface area (Å²) < 4.78 is 1.08. The Morgan fingerprint density at radius 1 is 0.947 bits per heavy atom. The fourth-order valence-electron chi connectivity index (χ4n) is 1.89. The van der Waals surface area contributed by atoms with Gasteiger partial charge in [-0.25, -0.2) is 4.98 Å². The molecule has 1 heterocycles. The molecule has 3 rings (SSSR count). The molecule has 0 aliphatic heterocycles. The van der Waals surface area contributed by atoms with Crippen LogP contribution >= 0.6 is 27.5 Å². The maximum atomic E-state index is 5.81. The molecule has 3 aromatic rings. The van der Waals surface area contributed by atoms with E-state index in [1.807, 2.05) is 24.3 Å². The summed E-state index contributed by atoms with van der Waals surface area (Å²) in [5.74, 6) is 0.779. The Morgan fingerprint density at radius 2 is 1.74 bits per heavy atom. The second-order valence-corrected chi connectivity index (χ2v) is 5.55. The first-order valence-electron chi connectivity index (χ1n) is 5.79. The number of hydrogen-bond acceptors (Lipinski definition) is 2. The first-order chi connectivity index (χ1) is 9.20. The molecule has 0 bridgehead atoms. The number of rotatable bonds is 2. The van der Waals surface area contributed by atoms with Crippen LogP contribution in [0.2, 0.25) is 5.02 Å². The topological polar surface area (TPSA) is 24.9 Å². The first-order valence-corrected chi connectivity index (χ1v) is 6.96. The highest BCUT2D eigenvalue weighted by Gasteiger charge is 1.99. The van der Waals surface area contributed by atoms with E-state index in [-0.39, 0.29) is 0 Å². The van der Waals surface area contributed by atoms with Gasteiger partial charge in [-0.05, 0) is 47.2 Å². The Labute approximate surface area is 124 Å². The molecular weight excluding hydrogens is 324 g/mol. The maximum absolute atomic E-state index is 5.81. The van der Waals surface area contributed by atoms with Gasteiger partial charge in [0.15, 0.2) is 0 Å². The lowest BCUT2D eigenvalue weighted by Gasteiger charge is -2.07. The molecule has 0 atom stereocenters. The highest BCUT2D eigenvalue weighted by molar-refractivity contribution is 9.10. The van der Waals surface area contributed by atoms with Gasteiger partial charge in [0.2, 0.25) is 0 Å². The minimum Gasteiger partial charge on any atom is -0.340 e. The largest absolute Gasteiger partial charge is 0.340 e. The Hall–Kier alpha value is -1.58. The molecule has 0 aliphatic rings. The van der Waals surface area contributed by atoms with Crippen LogP contribution in [0.5, 0.6) is 0 Å². The highest BCUT2D eigenvalue weighted by Crippen LogP contribution is 2.24. The van der Waals surface area contributed by atoms with Gasteiger partial charge in [0, 0.05) is 16.4 Å². The van der Waals surface area contributed by atoms with Gasteiger partial charge in [-0.1, -0.05) is 39.7 Å². The molecule has 0 unspecified atom stereocenters. The van der Waals surface area contributed by atoms with Crippen LogP contribution < -0.4 is 5.32 Å². The van der Waals surface area contributed by atoms with E-state index >= 15 is 0 Å². The lowest BCUT2D eigenvalue weighted by molar-refractivity contribution is 1.31. The Bertz CT molecular complexity index is 726. The molecule has 4 heteroatoms. The van der Waals surface area contributed by atoms with Crippen LogP contribution in [0.15, 0.2) is 59.2 Å². The average Bonchev–Trinajstić information content (AvgIpc) is 2.42. The second kappa shape index (κ2) is 5.19. The van der Waals surface area contributed by atoms with E-state index in [4.69, 9.17) is 11.6 Å². The average molecular weight is 334 g/mol. The van der Waals surface area contributed by atoms with Crippen molar-refractivity contribution in [2.45, 2.75) is 0 Å². The fraction of sp³-hybridized carbons (Fsp3) is 0. The number of aromatic nitrogens is 1. The van der Waals surface area contributed by atoms with Gasteiger partial charge < -0.3 is 5.32 Å². The number of pyridine rings is 1. The summed E-state index contributed by atoms with van der Waals surface area (Å²) in [6, 6.07) is 16.1. The lowest BCUT2D eigenvalue weighted by atomic mass is 10.1. The minimum absolute atomic E-state index is 0.633. The molecule has 0 spiro atoms. The molecule has 0 amide bonds. The molecule has 2 aromatic carbocycles. The van der Waals surface area contributed by atoms with Crippen molar-refractivity contribution in [1.29, 1.82) is 0 Å². The second-order valence-electron chi connectivity index (χ2n) is 4.19. The minimum atomic E-state index is 0.633. The zero-order valence-corrected chi connectivity index (χ0v) is 12.2. The van der Waals surface area contributed by atoms with Crippen LogP contribution in [0.1, 0.15) is 0 Å². The van der Waals surface area contributed by atoms with Crippen molar-refractivity contribution in [2.24, 2.45) is 0 Å². The zero-order valence-electron chi connectivity index (χ0n) is 9.90. The van der Waals surface area contributed by atoms with Crippen LogP contribution in [0.25, 0.3) is 10.8 Å². The van der Waals surface area contributed by atoms with Crippen molar-refractivity contribution in [1.82, 2.24) is 4.98 Å². The third-order valence-corrected chi connectivity index (χ3v) is 3.52. The van der Waals surface area contributed by atoms with Gasteiger partial charge in [-0.3, -0.25) is 0 Å². The molecular formula is C15H10BrClN2. The lowest BCUT2D eigenvalue weighted by Crippen LogP contribution is -1.92. The Kier molecular flexibility index (Phi) is 3.40. The number of fused-ring (bicyclic) bond motifs is 1. The van der Waals surface area contributed by atoms with Crippen molar-refractivity contribution in [3.8, 4) is 0 Å². The zero-order chi connectivity index (χ0) is 13.2. The van der Waals surface area contributed by atoms with Gasteiger partial charge in [0.1, 0.15) is 5.82 Å². The summed E-state index contributed by atoms with van der Waals surface area (Å²) >= 11 is 9.29. The Balaban J connectivity index is 1.93. The molecule has 0 saturated heterocycles. The number of anilines is 2. The number of benzene rings is 2. The standard InChI is InChI=1S/C15H10BrClN2/c16-12-3-1-11-8-14(5-2-10(11)7-12)19-15-6-4-13(17)9-18-15/h1-9H,(H,18,19). The predicted octanol–water partition coefficient (Wildman–Crippen LogP) is 5.39. The van der Waals surface area contributed by atoms with E-state index in [2.05, 4.69) is 50.5 Å². The van der Waals surface area contributed by atoms with Crippen molar-refractivity contribution >= 4 is 49.8 Å². The van der Waals surface area contributed by atoms with Crippen molar-refractivity contribution < 1.29 is 0 Å². The number of halogens is 2. The van der Waals surface area contributed by atoms with Gasteiger partial charge in [0.25, 0.3) is 0 Å². The molecule has 1 N–H and O–H groups in total. The maximum Gasteiger partial charge on any atom is 0.130 e. The van der Waals surface area contributed by atoms with E-state index in [9.17, 15) is 0 Å². The van der Waals surface area contributed by atoms with Crippen molar-refractivity contribution in [2.75, 3.05) is 5.32 Å². The molecule has 1 aromatic heterocycles. The van der Waals surface area contributed by atoms with Gasteiger partial charge in [-0.15, -0.1) is 0 Å². The van der Waals surface area contributed by atoms with Crippen molar-refractivity contribution in [3.05, 3.63) is 64.2 Å². The molecule has 94 valence electrons. The predicted molar refractivity (Wildman–Crippen MR) is 84.2 cm³/mol. The van der Waals surface area contributed by atoms with E-state index in [0.29, 0.717) is 5.02 Å². The molecule has 2 nitrogen and oxygen atoms in total. The number of nitrogens with one attached hydrogen (secondary N) is 1. The summed E-state index contributed by atoms with van der Waals surface area (Å²) in [5.41, 5.74) is 1.00. The highest BCUT2D eigenvalue weighted by atomic mass is 79.9. The van der Waals surface area contributed by atoms with E-state index in [0.717, 1.165) is 16.0 Å². The molecule has 0 radical (unpaired) electrons. The monoisotopic (exact) mass is 332 g/mol. The number of nitrogens with zero attached hydrogens (tertiary/aromatic N) is 1. The Morgan fingerprint density at radius 3 is 2.53 bits per heavy atom. The molecule has 0 fully saturated rings. The third kappa shape index (κ3) is 2.88. The summed E-state index contributed by atoms with van der Waals surface area (Å²) in [4.78, 5) is 4.22. The van der Waals surface area contributed by atoms with E-state index in [1.54, 1.807) is 6.20 Å². The van der Waals surface area contributed by atoms with Crippen LogP contribution in [-0.4, -0.2) is 4.98 Å². The van der Waals surface area contributed by atoms with Gasteiger partial charge in [0.05, 0.1) is 5.02 Å². The van der Waals surface area contributed by atoms with Crippen LogP contribution in [0.4, 0.5) is 11.5 Å². The number of hydrogen-bond donors (Lipinski definition) is 1. The van der Waals surface area contributed by atoms with Crippen LogP contribution in [0.3, 0.4) is 0 Å². The van der Waals surface area contributed by atoms with Crippen LogP contribution in [0, 0.1) is 0 Å². The SMILES string of the molecule is Clc1ccc(Nc2ccc3cc(Br)ccc3c2)nc1.